The minimum absolute atomic E-state index is 0.331. The number of aliphatic hydroxyl groups excluding tert-OH is 1. The number of hydrogen-bond donors (Lipinski definition) is 1. The molecule has 0 saturated heterocycles. The third-order valence-corrected chi connectivity index (χ3v) is 2.56. The van der Waals surface area contributed by atoms with Gasteiger partial charge in [-0.2, -0.15) is 0 Å². The highest BCUT2D eigenvalue weighted by Crippen LogP contribution is 2.30. The number of halogens is 2. The molecule has 0 saturated carbocycles. The summed E-state index contributed by atoms with van der Waals surface area (Å²) in [5, 5.41) is 9.93. The number of furan rings is 1. The van der Waals surface area contributed by atoms with Crippen LogP contribution < -0.4 is 0 Å². The maximum Gasteiger partial charge on any atom is 0.148 e. The molecule has 1 unspecified atom stereocenters. The van der Waals surface area contributed by atoms with Crippen LogP contribution in [0.4, 0.5) is 4.39 Å². The molecule has 2 nitrogen and oxygen atoms in total. The molecule has 14 heavy (non-hydrogen) atoms. The van der Waals surface area contributed by atoms with Gasteiger partial charge in [0.2, 0.25) is 0 Å². The van der Waals surface area contributed by atoms with Gasteiger partial charge in [0.1, 0.15) is 23.3 Å². The predicted molar refractivity (Wildman–Crippen MR) is 54.5 cm³/mol. The van der Waals surface area contributed by atoms with Gasteiger partial charge >= 0.3 is 0 Å². The number of fused-ring (bicyclic) bond motifs is 1. The molecule has 1 aromatic heterocycles. The Bertz CT molecular complexity index is 476. The van der Waals surface area contributed by atoms with Gasteiger partial charge in [-0.3, -0.25) is 0 Å². The SMILES string of the molecule is CC(O)c1cc2cc(F)cc(Br)c2o1. The first kappa shape index (κ1) is 9.68. The first-order valence-electron chi connectivity index (χ1n) is 4.14. The van der Waals surface area contributed by atoms with E-state index in [1.807, 2.05) is 0 Å². The van der Waals surface area contributed by atoms with Crippen molar-refractivity contribution < 1.29 is 13.9 Å². The van der Waals surface area contributed by atoms with Gasteiger partial charge in [0, 0.05) is 5.39 Å². The standard InChI is InChI=1S/C10H8BrFO2/c1-5(13)9-3-6-2-7(12)4-8(11)10(6)14-9/h2-5,13H,1H3. The zero-order chi connectivity index (χ0) is 10.3. The summed E-state index contributed by atoms with van der Waals surface area (Å²) in [7, 11) is 0. The minimum atomic E-state index is -0.683. The van der Waals surface area contributed by atoms with Crippen molar-refractivity contribution in [3.05, 3.63) is 34.2 Å². The number of aliphatic hydroxyl groups is 1. The van der Waals surface area contributed by atoms with Crippen molar-refractivity contribution in [3.63, 3.8) is 0 Å². The average molecular weight is 259 g/mol. The first-order chi connectivity index (χ1) is 6.58. The molecule has 0 fully saturated rings. The fourth-order valence-electron chi connectivity index (χ4n) is 1.30. The van der Waals surface area contributed by atoms with E-state index in [2.05, 4.69) is 15.9 Å². The van der Waals surface area contributed by atoms with Crippen LogP contribution in [-0.2, 0) is 0 Å². The van der Waals surface area contributed by atoms with Crippen molar-refractivity contribution in [2.45, 2.75) is 13.0 Å². The molecule has 0 aliphatic heterocycles. The minimum Gasteiger partial charge on any atom is -0.457 e. The molecule has 2 aromatic rings. The van der Waals surface area contributed by atoms with Crippen LogP contribution in [0.25, 0.3) is 11.0 Å². The van der Waals surface area contributed by atoms with Crippen molar-refractivity contribution in [1.82, 2.24) is 0 Å². The summed E-state index contributed by atoms with van der Waals surface area (Å²) in [5.74, 6) is 0.105. The van der Waals surface area contributed by atoms with E-state index in [-0.39, 0.29) is 5.82 Å². The third-order valence-electron chi connectivity index (χ3n) is 1.97. The molecule has 0 radical (unpaired) electrons. The highest BCUT2D eigenvalue weighted by molar-refractivity contribution is 9.10. The molecule has 1 N–H and O–H groups in total. The number of benzene rings is 1. The van der Waals surface area contributed by atoms with Crippen molar-refractivity contribution >= 4 is 26.9 Å². The van der Waals surface area contributed by atoms with Crippen LogP contribution in [0, 0.1) is 5.82 Å². The topological polar surface area (TPSA) is 33.4 Å². The molecule has 4 heteroatoms. The lowest BCUT2D eigenvalue weighted by atomic mass is 10.2. The van der Waals surface area contributed by atoms with E-state index in [1.54, 1.807) is 13.0 Å². The summed E-state index contributed by atoms with van der Waals surface area (Å²) < 4.78 is 18.9. The quantitative estimate of drug-likeness (QED) is 0.851. The highest BCUT2D eigenvalue weighted by Gasteiger charge is 2.11. The van der Waals surface area contributed by atoms with Gasteiger partial charge in [0.25, 0.3) is 0 Å². The summed E-state index contributed by atoms with van der Waals surface area (Å²) >= 11 is 3.19. The van der Waals surface area contributed by atoms with Crippen molar-refractivity contribution in [2.75, 3.05) is 0 Å². The third kappa shape index (κ3) is 1.55. The van der Waals surface area contributed by atoms with Gasteiger partial charge in [-0.05, 0) is 41.1 Å². The number of hydrogen-bond acceptors (Lipinski definition) is 2. The fraction of sp³-hybridized carbons (Fsp3) is 0.200. The summed E-state index contributed by atoms with van der Waals surface area (Å²) in [6, 6.07) is 4.33. The predicted octanol–water partition coefficient (Wildman–Crippen LogP) is 3.39. The second-order valence-corrected chi connectivity index (χ2v) is 3.99. The summed E-state index contributed by atoms with van der Waals surface area (Å²) in [5.41, 5.74) is 0.558. The fourth-order valence-corrected chi connectivity index (χ4v) is 1.83. The van der Waals surface area contributed by atoms with Crippen LogP contribution in [0.5, 0.6) is 0 Å². The largest absolute Gasteiger partial charge is 0.457 e. The van der Waals surface area contributed by atoms with E-state index in [1.165, 1.54) is 12.1 Å². The van der Waals surface area contributed by atoms with E-state index in [0.29, 0.717) is 21.2 Å². The molecule has 0 aliphatic rings. The van der Waals surface area contributed by atoms with Gasteiger partial charge in [-0.25, -0.2) is 4.39 Å². The van der Waals surface area contributed by atoms with Gasteiger partial charge < -0.3 is 9.52 Å². The monoisotopic (exact) mass is 258 g/mol. The van der Waals surface area contributed by atoms with E-state index >= 15 is 0 Å². The molecule has 0 spiro atoms. The van der Waals surface area contributed by atoms with Gasteiger partial charge in [0.05, 0.1) is 4.47 Å². The van der Waals surface area contributed by atoms with Crippen molar-refractivity contribution in [1.29, 1.82) is 0 Å². The lowest BCUT2D eigenvalue weighted by Gasteiger charge is -1.96. The maximum absolute atomic E-state index is 13.0. The second kappa shape index (κ2) is 3.37. The highest BCUT2D eigenvalue weighted by atomic mass is 79.9. The van der Waals surface area contributed by atoms with Crippen LogP contribution in [0.3, 0.4) is 0 Å². The van der Waals surface area contributed by atoms with Crippen LogP contribution >= 0.6 is 15.9 Å². The van der Waals surface area contributed by atoms with Gasteiger partial charge in [0.15, 0.2) is 0 Å². The summed E-state index contributed by atoms with van der Waals surface area (Å²) in [4.78, 5) is 0. The van der Waals surface area contributed by atoms with Crippen LogP contribution in [-0.4, -0.2) is 5.11 Å². The Morgan fingerprint density at radius 1 is 1.43 bits per heavy atom. The molecule has 0 amide bonds. The summed E-state index contributed by atoms with van der Waals surface area (Å²) in [6.45, 7) is 1.60. The van der Waals surface area contributed by atoms with Crippen molar-refractivity contribution in [2.24, 2.45) is 0 Å². The van der Waals surface area contributed by atoms with Crippen molar-refractivity contribution in [3.8, 4) is 0 Å². The first-order valence-corrected chi connectivity index (χ1v) is 4.94. The van der Waals surface area contributed by atoms with Crippen LogP contribution in [0.1, 0.15) is 18.8 Å². The van der Waals surface area contributed by atoms with Gasteiger partial charge in [-0.15, -0.1) is 0 Å². The Kier molecular flexibility index (Phi) is 2.33. The maximum atomic E-state index is 13.0. The normalized spacial score (nSPS) is 13.4. The number of rotatable bonds is 1. The Hall–Kier alpha value is -0.870. The molecule has 0 aliphatic carbocycles. The zero-order valence-corrected chi connectivity index (χ0v) is 9.01. The Morgan fingerprint density at radius 3 is 2.79 bits per heavy atom. The molecule has 1 atom stereocenters. The lowest BCUT2D eigenvalue weighted by molar-refractivity contribution is 0.172. The molecular weight excluding hydrogens is 251 g/mol. The smallest absolute Gasteiger partial charge is 0.148 e. The average Bonchev–Trinajstić information content (AvgIpc) is 2.47. The molecular formula is C10H8BrFO2. The molecule has 1 aromatic carbocycles. The lowest BCUT2D eigenvalue weighted by Crippen LogP contribution is -1.85. The molecule has 74 valence electrons. The van der Waals surface area contributed by atoms with E-state index in [4.69, 9.17) is 4.42 Å². The second-order valence-electron chi connectivity index (χ2n) is 3.13. The summed E-state index contributed by atoms with van der Waals surface area (Å²) in [6.07, 6.45) is -0.683. The van der Waals surface area contributed by atoms with E-state index in [9.17, 15) is 9.50 Å². The Labute approximate surface area is 88.5 Å². The molecule has 1 heterocycles. The molecule has 0 bridgehead atoms. The zero-order valence-electron chi connectivity index (χ0n) is 7.42. The van der Waals surface area contributed by atoms with Gasteiger partial charge in [-0.1, -0.05) is 0 Å². The van der Waals surface area contributed by atoms with Crippen LogP contribution in [0.2, 0.25) is 0 Å². The Balaban J connectivity index is 2.70. The molecule has 2 rings (SSSR count). The van der Waals surface area contributed by atoms with Crippen LogP contribution in [0.15, 0.2) is 27.1 Å². The van der Waals surface area contributed by atoms with E-state index < -0.39 is 6.10 Å². The van der Waals surface area contributed by atoms with E-state index in [0.717, 1.165) is 0 Å². The Morgan fingerprint density at radius 2 is 2.14 bits per heavy atom.